The van der Waals surface area contributed by atoms with Crippen LogP contribution in [-0.4, -0.2) is 27.8 Å². The molecule has 0 saturated heterocycles. The topological polar surface area (TPSA) is 29.1 Å². The summed E-state index contributed by atoms with van der Waals surface area (Å²) in [6.45, 7) is 9.26. The van der Waals surface area contributed by atoms with Crippen LogP contribution < -0.4 is 5.32 Å². The molecule has 0 bridgehead atoms. The van der Waals surface area contributed by atoms with E-state index in [0.717, 1.165) is 18.7 Å². The van der Waals surface area contributed by atoms with Gasteiger partial charge in [0.25, 0.3) is 0 Å². The van der Waals surface area contributed by atoms with Crippen molar-refractivity contribution in [3.05, 3.63) is 0 Å². The second-order valence-corrected chi connectivity index (χ2v) is 5.49. The predicted molar refractivity (Wildman–Crippen MR) is 55.9 cm³/mol. The molecule has 2 unspecified atom stereocenters. The van der Waals surface area contributed by atoms with Gasteiger partial charge >= 0.3 is 0 Å². The monoisotopic (exact) mass is 191 g/mol. The third-order valence-corrected chi connectivity index (χ3v) is 3.56. The van der Waals surface area contributed by atoms with Crippen LogP contribution in [0.3, 0.4) is 0 Å². The van der Waals surface area contributed by atoms with Crippen molar-refractivity contribution in [2.45, 2.75) is 45.4 Å². The Labute approximate surface area is 78.6 Å². The maximum atomic E-state index is 11.4. The highest BCUT2D eigenvalue weighted by atomic mass is 32.2. The zero-order valence-corrected chi connectivity index (χ0v) is 9.41. The summed E-state index contributed by atoms with van der Waals surface area (Å²) in [7, 11) is -0.668. The SMILES string of the molecule is CCCNC(C)CS(=O)C(C)C. The summed E-state index contributed by atoms with van der Waals surface area (Å²) in [4.78, 5) is 0. The normalized spacial score (nSPS) is 16.4. The van der Waals surface area contributed by atoms with E-state index in [-0.39, 0.29) is 5.25 Å². The summed E-state index contributed by atoms with van der Waals surface area (Å²) in [5.74, 6) is 0.775. The molecule has 0 amide bonds. The quantitative estimate of drug-likeness (QED) is 0.690. The summed E-state index contributed by atoms with van der Waals surface area (Å²) in [5.41, 5.74) is 0. The molecule has 0 aromatic carbocycles. The van der Waals surface area contributed by atoms with E-state index in [1.807, 2.05) is 13.8 Å². The van der Waals surface area contributed by atoms with Gasteiger partial charge < -0.3 is 5.32 Å². The van der Waals surface area contributed by atoms with Crippen molar-refractivity contribution >= 4 is 10.8 Å². The van der Waals surface area contributed by atoms with Gasteiger partial charge in [0.05, 0.1) is 0 Å². The lowest BCUT2D eigenvalue weighted by Crippen LogP contribution is -2.33. The number of nitrogens with one attached hydrogen (secondary N) is 1. The molecule has 0 aliphatic heterocycles. The summed E-state index contributed by atoms with van der Waals surface area (Å²) in [6.07, 6.45) is 1.14. The van der Waals surface area contributed by atoms with Gasteiger partial charge in [0.2, 0.25) is 0 Å². The van der Waals surface area contributed by atoms with Crippen molar-refractivity contribution in [3.63, 3.8) is 0 Å². The van der Waals surface area contributed by atoms with E-state index in [9.17, 15) is 4.21 Å². The van der Waals surface area contributed by atoms with Crippen molar-refractivity contribution in [2.75, 3.05) is 12.3 Å². The molecule has 3 heteroatoms. The maximum Gasteiger partial charge on any atom is 0.0388 e. The lowest BCUT2D eigenvalue weighted by molar-refractivity contribution is 0.580. The molecule has 0 fully saturated rings. The van der Waals surface area contributed by atoms with E-state index in [4.69, 9.17) is 0 Å². The first kappa shape index (κ1) is 12.1. The Morgan fingerprint density at radius 1 is 1.33 bits per heavy atom. The zero-order chi connectivity index (χ0) is 9.56. The number of hydrogen-bond acceptors (Lipinski definition) is 2. The van der Waals surface area contributed by atoms with Crippen molar-refractivity contribution in [1.82, 2.24) is 5.32 Å². The fourth-order valence-corrected chi connectivity index (χ4v) is 1.88. The Kier molecular flexibility index (Phi) is 6.67. The molecule has 0 saturated carbocycles. The standard InChI is InChI=1S/C9H21NOS/c1-5-6-10-9(4)7-12(11)8(2)3/h8-10H,5-7H2,1-4H3. The molecule has 2 atom stereocenters. The average molecular weight is 191 g/mol. The van der Waals surface area contributed by atoms with Crippen LogP contribution in [-0.2, 0) is 10.8 Å². The van der Waals surface area contributed by atoms with Crippen molar-refractivity contribution < 1.29 is 4.21 Å². The van der Waals surface area contributed by atoms with E-state index >= 15 is 0 Å². The van der Waals surface area contributed by atoms with Crippen LogP contribution in [0, 0.1) is 0 Å². The van der Waals surface area contributed by atoms with E-state index in [1.54, 1.807) is 0 Å². The molecule has 2 nitrogen and oxygen atoms in total. The summed E-state index contributed by atoms with van der Waals surface area (Å²) < 4.78 is 11.4. The fourth-order valence-electron chi connectivity index (χ4n) is 0.889. The molecule has 0 heterocycles. The Morgan fingerprint density at radius 3 is 2.33 bits per heavy atom. The first-order chi connectivity index (χ1) is 5.57. The minimum atomic E-state index is -0.668. The molecule has 1 N–H and O–H groups in total. The van der Waals surface area contributed by atoms with Crippen molar-refractivity contribution in [2.24, 2.45) is 0 Å². The highest BCUT2D eigenvalue weighted by Crippen LogP contribution is 1.96. The minimum Gasteiger partial charge on any atom is -0.313 e. The lowest BCUT2D eigenvalue weighted by Gasteiger charge is -2.13. The third kappa shape index (κ3) is 5.72. The van der Waals surface area contributed by atoms with Gasteiger partial charge in [0, 0.05) is 27.8 Å². The van der Waals surface area contributed by atoms with Gasteiger partial charge in [-0.2, -0.15) is 0 Å². The van der Waals surface area contributed by atoms with E-state index in [1.165, 1.54) is 0 Å². The number of hydrogen-bond donors (Lipinski definition) is 1. The van der Waals surface area contributed by atoms with E-state index in [0.29, 0.717) is 6.04 Å². The molecule has 0 aromatic rings. The van der Waals surface area contributed by atoms with Crippen molar-refractivity contribution in [3.8, 4) is 0 Å². The molecule has 0 rings (SSSR count). The fraction of sp³-hybridized carbons (Fsp3) is 1.00. The largest absolute Gasteiger partial charge is 0.313 e. The Balaban J connectivity index is 3.54. The van der Waals surface area contributed by atoms with Crippen LogP contribution in [0.4, 0.5) is 0 Å². The number of rotatable bonds is 6. The highest BCUT2D eigenvalue weighted by Gasteiger charge is 2.09. The Bertz CT molecular complexity index is 136. The first-order valence-corrected chi connectivity index (χ1v) is 6.06. The maximum absolute atomic E-state index is 11.4. The molecule has 0 aliphatic rings. The molecule has 0 aliphatic carbocycles. The van der Waals surface area contributed by atoms with Gasteiger partial charge in [-0.1, -0.05) is 20.8 Å². The van der Waals surface area contributed by atoms with Gasteiger partial charge in [-0.15, -0.1) is 0 Å². The second kappa shape index (κ2) is 6.61. The van der Waals surface area contributed by atoms with Gasteiger partial charge in [-0.05, 0) is 19.9 Å². The minimum absolute atomic E-state index is 0.288. The highest BCUT2D eigenvalue weighted by molar-refractivity contribution is 7.85. The van der Waals surface area contributed by atoms with E-state index in [2.05, 4.69) is 19.2 Å². The third-order valence-electron chi connectivity index (χ3n) is 1.68. The van der Waals surface area contributed by atoms with Gasteiger partial charge in [-0.25, -0.2) is 0 Å². The van der Waals surface area contributed by atoms with Crippen LogP contribution in [0.1, 0.15) is 34.1 Å². The Hall–Kier alpha value is 0.110. The zero-order valence-electron chi connectivity index (χ0n) is 8.59. The van der Waals surface area contributed by atoms with Gasteiger partial charge in [0.1, 0.15) is 0 Å². The second-order valence-electron chi connectivity index (χ2n) is 3.45. The van der Waals surface area contributed by atoms with Crippen LogP contribution in [0.5, 0.6) is 0 Å². The molecular weight excluding hydrogens is 170 g/mol. The molecular formula is C9H21NOS. The van der Waals surface area contributed by atoms with Crippen LogP contribution in [0.2, 0.25) is 0 Å². The van der Waals surface area contributed by atoms with Crippen LogP contribution in [0.25, 0.3) is 0 Å². The molecule has 0 aromatic heterocycles. The first-order valence-electron chi connectivity index (χ1n) is 4.68. The van der Waals surface area contributed by atoms with Gasteiger partial charge in [-0.3, -0.25) is 4.21 Å². The van der Waals surface area contributed by atoms with Gasteiger partial charge in [0.15, 0.2) is 0 Å². The molecule has 74 valence electrons. The summed E-state index contributed by atoms with van der Waals surface area (Å²) in [5, 5.41) is 3.61. The average Bonchev–Trinajstić information content (AvgIpc) is 2.00. The van der Waals surface area contributed by atoms with Crippen LogP contribution in [0.15, 0.2) is 0 Å². The summed E-state index contributed by atoms with van der Waals surface area (Å²) in [6, 6.07) is 0.383. The summed E-state index contributed by atoms with van der Waals surface area (Å²) >= 11 is 0. The smallest absolute Gasteiger partial charge is 0.0388 e. The Morgan fingerprint density at radius 2 is 1.92 bits per heavy atom. The predicted octanol–water partition coefficient (Wildman–Crippen LogP) is 1.53. The molecule has 12 heavy (non-hydrogen) atoms. The molecule has 0 spiro atoms. The van der Waals surface area contributed by atoms with Crippen LogP contribution >= 0.6 is 0 Å². The van der Waals surface area contributed by atoms with E-state index < -0.39 is 10.8 Å². The van der Waals surface area contributed by atoms with Crippen molar-refractivity contribution in [1.29, 1.82) is 0 Å². The molecule has 0 radical (unpaired) electrons. The lowest BCUT2D eigenvalue weighted by atomic mass is 10.3.